The van der Waals surface area contributed by atoms with Gasteiger partial charge in [0.1, 0.15) is 18.2 Å². The maximum atomic E-state index is 12.6. The summed E-state index contributed by atoms with van der Waals surface area (Å²) in [4.78, 5) is 22.4. The van der Waals surface area contributed by atoms with E-state index in [1.807, 2.05) is 0 Å². The maximum absolute atomic E-state index is 12.6. The molecule has 1 rings (SSSR count). The highest BCUT2D eigenvalue weighted by Crippen LogP contribution is 2.11. The maximum Gasteiger partial charge on any atom is 0.306 e. The normalized spacial score (nSPS) is 9.89. The molecule has 0 aliphatic heterocycles. The van der Waals surface area contributed by atoms with E-state index in [0.717, 1.165) is 0 Å². The van der Waals surface area contributed by atoms with Gasteiger partial charge in [-0.05, 0) is 31.2 Å². The second-order valence-corrected chi connectivity index (χ2v) is 3.59. The van der Waals surface area contributed by atoms with Crippen molar-refractivity contribution in [3.05, 3.63) is 30.1 Å². The van der Waals surface area contributed by atoms with E-state index in [1.165, 1.54) is 24.3 Å². The Bertz CT molecular complexity index is 400. The molecule has 4 nitrogen and oxygen atoms in total. The number of benzene rings is 1. The van der Waals surface area contributed by atoms with Crippen LogP contribution in [0.5, 0.6) is 5.75 Å². The molecule has 0 amide bonds. The van der Waals surface area contributed by atoms with Crippen molar-refractivity contribution >= 4 is 11.8 Å². The number of halogens is 1. The number of ketones is 1. The van der Waals surface area contributed by atoms with Crippen molar-refractivity contribution in [3.63, 3.8) is 0 Å². The first kappa shape index (κ1) is 14.2. The number of ether oxygens (including phenoxy) is 2. The van der Waals surface area contributed by atoms with Gasteiger partial charge in [0.25, 0.3) is 0 Å². The van der Waals surface area contributed by atoms with Gasteiger partial charge < -0.3 is 9.47 Å². The Morgan fingerprint density at radius 2 is 1.83 bits per heavy atom. The molecule has 0 N–H and O–H groups in total. The summed E-state index contributed by atoms with van der Waals surface area (Å²) in [6.45, 7) is 1.88. The molecule has 0 aliphatic rings. The van der Waals surface area contributed by atoms with Crippen LogP contribution in [-0.2, 0) is 14.3 Å². The first-order valence-corrected chi connectivity index (χ1v) is 5.67. The fraction of sp³-hybridized carbons (Fsp3) is 0.385. The summed E-state index contributed by atoms with van der Waals surface area (Å²) in [5, 5.41) is 0. The molecule has 0 bridgehead atoms. The molecule has 0 fully saturated rings. The number of esters is 1. The Kier molecular flexibility index (Phi) is 5.84. The van der Waals surface area contributed by atoms with Gasteiger partial charge in [0.05, 0.1) is 13.0 Å². The fourth-order valence-corrected chi connectivity index (χ4v) is 1.24. The van der Waals surface area contributed by atoms with Crippen molar-refractivity contribution in [2.75, 3.05) is 13.2 Å². The monoisotopic (exact) mass is 254 g/mol. The summed E-state index contributed by atoms with van der Waals surface area (Å²) in [7, 11) is 0. The second-order valence-electron chi connectivity index (χ2n) is 3.59. The lowest BCUT2D eigenvalue weighted by molar-refractivity contribution is -0.144. The number of carbonyl (C=O) groups excluding carboxylic acids is 2. The summed E-state index contributed by atoms with van der Waals surface area (Å²) in [6.07, 6.45) is 0.138. The van der Waals surface area contributed by atoms with Crippen molar-refractivity contribution in [1.82, 2.24) is 0 Å². The van der Waals surface area contributed by atoms with Gasteiger partial charge in [-0.15, -0.1) is 0 Å². The highest BCUT2D eigenvalue weighted by atomic mass is 19.1. The minimum Gasteiger partial charge on any atom is -0.486 e. The minimum absolute atomic E-state index is 0.0550. The molecule has 0 spiro atoms. The van der Waals surface area contributed by atoms with Gasteiger partial charge in [0.2, 0.25) is 0 Å². The molecular formula is C13H15FO4. The van der Waals surface area contributed by atoms with Crippen LogP contribution in [0.3, 0.4) is 0 Å². The standard InChI is InChI=1S/C13H15FO4/c1-2-17-13(16)8-5-11(15)9-18-12-6-3-10(14)4-7-12/h3-4,6-7H,2,5,8-9H2,1H3. The van der Waals surface area contributed by atoms with Gasteiger partial charge in [0.15, 0.2) is 5.78 Å². The Balaban J connectivity index is 2.24. The third-order valence-corrected chi connectivity index (χ3v) is 2.13. The Morgan fingerprint density at radius 1 is 1.17 bits per heavy atom. The van der Waals surface area contributed by atoms with Crippen molar-refractivity contribution in [1.29, 1.82) is 0 Å². The molecule has 0 aliphatic carbocycles. The topological polar surface area (TPSA) is 52.6 Å². The van der Waals surface area contributed by atoms with E-state index in [2.05, 4.69) is 0 Å². The van der Waals surface area contributed by atoms with Gasteiger partial charge in [-0.2, -0.15) is 0 Å². The molecule has 0 unspecified atom stereocenters. The third kappa shape index (κ3) is 5.43. The van der Waals surface area contributed by atoms with Crippen LogP contribution in [0.4, 0.5) is 4.39 Å². The lowest BCUT2D eigenvalue weighted by atomic mass is 10.2. The summed E-state index contributed by atoms with van der Waals surface area (Å²) in [5.41, 5.74) is 0. The van der Waals surface area contributed by atoms with Crippen LogP contribution in [0.15, 0.2) is 24.3 Å². The van der Waals surface area contributed by atoms with Gasteiger partial charge >= 0.3 is 5.97 Å². The lowest BCUT2D eigenvalue weighted by Gasteiger charge is -2.05. The quantitative estimate of drug-likeness (QED) is 0.699. The van der Waals surface area contributed by atoms with E-state index in [4.69, 9.17) is 9.47 Å². The zero-order valence-corrected chi connectivity index (χ0v) is 10.1. The average Bonchev–Trinajstić information content (AvgIpc) is 2.36. The van der Waals surface area contributed by atoms with Crippen LogP contribution in [0.1, 0.15) is 19.8 Å². The van der Waals surface area contributed by atoms with Gasteiger partial charge in [-0.3, -0.25) is 9.59 Å². The van der Waals surface area contributed by atoms with Crippen LogP contribution < -0.4 is 4.74 Å². The van der Waals surface area contributed by atoms with E-state index in [1.54, 1.807) is 6.92 Å². The SMILES string of the molecule is CCOC(=O)CCC(=O)COc1ccc(F)cc1. The van der Waals surface area contributed by atoms with Crippen LogP contribution in [-0.4, -0.2) is 25.0 Å². The minimum atomic E-state index is -0.396. The zero-order valence-electron chi connectivity index (χ0n) is 10.1. The highest BCUT2D eigenvalue weighted by molar-refractivity contribution is 5.84. The molecule has 1 aromatic carbocycles. The Labute approximate surface area is 105 Å². The molecule has 0 saturated heterocycles. The number of Topliss-reactive ketones (excluding diaryl/α,β-unsaturated/α-hetero) is 1. The van der Waals surface area contributed by atoms with Gasteiger partial charge in [-0.25, -0.2) is 4.39 Å². The fourth-order valence-electron chi connectivity index (χ4n) is 1.24. The van der Waals surface area contributed by atoms with Crippen molar-refractivity contribution in [2.45, 2.75) is 19.8 Å². The molecule has 0 radical (unpaired) electrons. The molecule has 5 heteroatoms. The highest BCUT2D eigenvalue weighted by Gasteiger charge is 2.08. The summed E-state index contributed by atoms with van der Waals surface area (Å²) in [5.74, 6) is -0.545. The van der Waals surface area contributed by atoms with Crippen molar-refractivity contribution < 1.29 is 23.5 Å². The van der Waals surface area contributed by atoms with Crippen LogP contribution in [0.2, 0.25) is 0 Å². The molecule has 18 heavy (non-hydrogen) atoms. The number of hydrogen-bond donors (Lipinski definition) is 0. The van der Waals surface area contributed by atoms with E-state index < -0.39 is 5.97 Å². The smallest absolute Gasteiger partial charge is 0.306 e. The lowest BCUT2D eigenvalue weighted by Crippen LogP contribution is -2.14. The summed E-state index contributed by atoms with van der Waals surface area (Å²) in [6, 6.07) is 5.37. The van der Waals surface area contributed by atoms with E-state index in [0.29, 0.717) is 12.4 Å². The second kappa shape index (κ2) is 7.42. The molecule has 0 atom stereocenters. The molecule has 0 heterocycles. The Morgan fingerprint density at radius 3 is 2.44 bits per heavy atom. The third-order valence-electron chi connectivity index (χ3n) is 2.13. The number of rotatable bonds is 7. The largest absolute Gasteiger partial charge is 0.486 e. The predicted octanol–water partition coefficient (Wildman–Crippen LogP) is 2.12. The van der Waals surface area contributed by atoms with Crippen molar-refractivity contribution in [3.8, 4) is 5.75 Å². The van der Waals surface area contributed by atoms with Crippen molar-refractivity contribution in [2.24, 2.45) is 0 Å². The molecular weight excluding hydrogens is 239 g/mol. The number of carbonyl (C=O) groups is 2. The van der Waals surface area contributed by atoms with E-state index in [9.17, 15) is 14.0 Å². The summed E-state index contributed by atoms with van der Waals surface area (Å²) >= 11 is 0. The zero-order chi connectivity index (χ0) is 13.4. The first-order chi connectivity index (χ1) is 8.61. The van der Waals surface area contributed by atoms with Crippen LogP contribution in [0, 0.1) is 5.82 Å². The van der Waals surface area contributed by atoms with Gasteiger partial charge in [0, 0.05) is 6.42 Å². The Hall–Kier alpha value is -1.91. The average molecular weight is 254 g/mol. The van der Waals surface area contributed by atoms with Gasteiger partial charge in [-0.1, -0.05) is 0 Å². The molecule has 0 saturated carbocycles. The molecule has 1 aromatic rings. The van der Waals surface area contributed by atoms with E-state index in [-0.39, 0.29) is 31.0 Å². The van der Waals surface area contributed by atoms with Crippen LogP contribution >= 0.6 is 0 Å². The molecule has 0 aromatic heterocycles. The number of hydrogen-bond acceptors (Lipinski definition) is 4. The first-order valence-electron chi connectivity index (χ1n) is 5.67. The van der Waals surface area contributed by atoms with Crippen LogP contribution in [0.25, 0.3) is 0 Å². The predicted molar refractivity (Wildman–Crippen MR) is 62.8 cm³/mol. The summed E-state index contributed by atoms with van der Waals surface area (Å²) < 4.78 is 22.4. The van der Waals surface area contributed by atoms with E-state index >= 15 is 0 Å². The molecule has 98 valence electrons.